The first-order valence-corrected chi connectivity index (χ1v) is 6.63. The summed E-state index contributed by atoms with van der Waals surface area (Å²) < 4.78 is 10.5. The molecule has 104 valence electrons. The van der Waals surface area contributed by atoms with Crippen molar-refractivity contribution in [2.45, 2.75) is 31.8 Å². The van der Waals surface area contributed by atoms with E-state index in [1.807, 2.05) is 0 Å². The molecule has 19 heavy (non-hydrogen) atoms. The molecule has 5 nitrogen and oxygen atoms in total. The van der Waals surface area contributed by atoms with Crippen LogP contribution in [0.5, 0.6) is 5.88 Å². The predicted octanol–water partition coefficient (Wildman–Crippen LogP) is 2.43. The molecule has 0 bridgehead atoms. The molecule has 6 heteroatoms. The fraction of sp³-hybridized carbons (Fsp3) is 0.538. The second-order valence-electron chi connectivity index (χ2n) is 4.67. The van der Waals surface area contributed by atoms with Gasteiger partial charge in [0.05, 0.1) is 24.9 Å². The molecule has 1 aromatic rings. The number of ether oxygens (including phenoxy) is 2. The summed E-state index contributed by atoms with van der Waals surface area (Å²) in [6.07, 6.45) is 4.67. The number of rotatable bonds is 3. The lowest BCUT2D eigenvalue weighted by Gasteiger charge is -2.27. The van der Waals surface area contributed by atoms with Crippen molar-refractivity contribution in [3.63, 3.8) is 0 Å². The van der Waals surface area contributed by atoms with Crippen molar-refractivity contribution in [1.29, 1.82) is 0 Å². The van der Waals surface area contributed by atoms with Crippen LogP contribution in [-0.2, 0) is 9.53 Å². The van der Waals surface area contributed by atoms with Gasteiger partial charge < -0.3 is 15.2 Å². The molecule has 0 aromatic carbocycles. The topological polar surface area (TPSA) is 74.4 Å². The number of esters is 1. The van der Waals surface area contributed by atoms with Crippen LogP contribution in [0.2, 0.25) is 5.02 Å². The average Bonchev–Trinajstić information content (AvgIpc) is 2.42. The molecule has 2 N–H and O–H groups in total. The molecule has 0 aliphatic heterocycles. The van der Waals surface area contributed by atoms with E-state index in [9.17, 15) is 4.79 Å². The van der Waals surface area contributed by atoms with Gasteiger partial charge in [0, 0.05) is 0 Å². The average molecular weight is 285 g/mol. The van der Waals surface area contributed by atoms with Gasteiger partial charge in [0.25, 0.3) is 0 Å². The van der Waals surface area contributed by atoms with E-state index in [1.54, 1.807) is 6.07 Å². The summed E-state index contributed by atoms with van der Waals surface area (Å²) in [5.41, 5.74) is 6.08. The number of nitrogens with two attached hydrogens (primary N) is 1. The van der Waals surface area contributed by atoms with Crippen molar-refractivity contribution in [3.05, 3.63) is 17.3 Å². The summed E-state index contributed by atoms with van der Waals surface area (Å²) in [4.78, 5) is 15.5. The number of hydrogen-bond donors (Lipinski definition) is 1. The van der Waals surface area contributed by atoms with E-state index in [4.69, 9.17) is 26.8 Å². The minimum absolute atomic E-state index is 0.0142. The lowest BCUT2D eigenvalue weighted by atomic mass is 9.87. The van der Waals surface area contributed by atoms with Gasteiger partial charge in [0.1, 0.15) is 11.1 Å². The van der Waals surface area contributed by atoms with Crippen LogP contribution in [0, 0.1) is 5.92 Å². The minimum Gasteiger partial charge on any atom is -0.473 e. The van der Waals surface area contributed by atoms with E-state index >= 15 is 0 Å². The molecule has 1 heterocycles. The minimum atomic E-state index is -0.137. The molecule has 1 aliphatic rings. The van der Waals surface area contributed by atoms with Crippen molar-refractivity contribution >= 4 is 23.3 Å². The van der Waals surface area contributed by atoms with Gasteiger partial charge >= 0.3 is 5.97 Å². The van der Waals surface area contributed by atoms with Crippen molar-refractivity contribution in [3.8, 4) is 5.88 Å². The van der Waals surface area contributed by atoms with Gasteiger partial charge in [-0.25, -0.2) is 4.98 Å². The highest BCUT2D eigenvalue weighted by molar-refractivity contribution is 6.32. The molecule has 0 spiro atoms. The molecule has 0 unspecified atom stereocenters. The monoisotopic (exact) mass is 284 g/mol. The second-order valence-corrected chi connectivity index (χ2v) is 5.08. The number of halogens is 1. The van der Waals surface area contributed by atoms with E-state index in [2.05, 4.69) is 4.98 Å². The summed E-state index contributed by atoms with van der Waals surface area (Å²) in [5, 5.41) is 0.412. The molecule has 0 saturated heterocycles. The third kappa shape index (κ3) is 3.50. The fourth-order valence-electron chi connectivity index (χ4n) is 2.27. The molecular weight excluding hydrogens is 268 g/mol. The van der Waals surface area contributed by atoms with Gasteiger partial charge in [0.15, 0.2) is 0 Å². The Morgan fingerprint density at radius 3 is 2.68 bits per heavy atom. The van der Waals surface area contributed by atoms with Gasteiger partial charge in [-0.15, -0.1) is 0 Å². The molecular formula is C13H17ClN2O3. The zero-order chi connectivity index (χ0) is 13.8. The van der Waals surface area contributed by atoms with Gasteiger partial charge in [-0.1, -0.05) is 11.6 Å². The highest BCUT2D eigenvalue weighted by Crippen LogP contribution is 2.30. The van der Waals surface area contributed by atoms with Crippen LogP contribution in [0.25, 0.3) is 0 Å². The maximum absolute atomic E-state index is 11.4. The van der Waals surface area contributed by atoms with E-state index < -0.39 is 0 Å². The lowest BCUT2D eigenvalue weighted by molar-refractivity contribution is -0.147. The maximum Gasteiger partial charge on any atom is 0.308 e. The first kappa shape index (κ1) is 13.9. The van der Waals surface area contributed by atoms with Gasteiger partial charge in [0.2, 0.25) is 5.88 Å². The smallest absolute Gasteiger partial charge is 0.308 e. The van der Waals surface area contributed by atoms with Gasteiger partial charge in [-0.05, 0) is 31.7 Å². The molecule has 0 amide bonds. The van der Waals surface area contributed by atoms with Crippen molar-refractivity contribution in [2.75, 3.05) is 12.8 Å². The normalized spacial score (nSPS) is 22.8. The van der Waals surface area contributed by atoms with Crippen LogP contribution >= 0.6 is 11.6 Å². The fourth-order valence-corrected chi connectivity index (χ4v) is 2.49. The zero-order valence-corrected chi connectivity index (χ0v) is 11.5. The molecule has 0 radical (unpaired) electrons. The lowest BCUT2D eigenvalue weighted by Crippen LogP contribution is -2.28. The summed E-state index contributed by atoms with van der Waals surface area (Å²) in [7, 11) is 1.42. The first-order chi connectivity index (χ1) is 9.10. The molecule has 1 fully saturated rings. The van der Waals surface area contributed by atoms with Crippen LogP contribution in [-0.4, -0.2) is 24.2 Å². The van der Waals surface area contributed by atoms with E-state index in [-0.39, 0.29) is 18.0 Å². The predicted molar refractivity (Wildman–Crippen MR) is 72.0 cm³/mol. The summed E-state index contributed by atoms with van der Waals surface area (Å²) >= 11 is 6.01. The van der Waals surface area contributed by atoms with Gasteiger partial charge in [-0.2, -0.15) is 0 Å². The molecule has 1 aromatic heterocycles. The van der Waals surface area contributed by atoms with Gasteiger partial charge in [-0.3, -0.25) is 4.79 Å². The number of nitrogens with zero attached hydrogens (tertiary/aromatic N) is 1. The Kier molecular flexibility index (Phi) is 4.47. The van der Waals surface area contributed by atoms with Crippen LogP contribution in [0.1, 0.15) is 25.7 Å². The standard InChI is InChI=1S/C13H17ClN2O3/c1-18-13(17)8-2-4-10(5-3-8)19-12-11(14)6-9(15)7-16-12/h6-8,10H,2-5,15H2,1H3/t8-,10+. The highest BCUT2D eigenvalue weighted by atomic mass is 35.5. The van der Waals surface area contributed by atoms with E-state index in [0.717, 1.165) is 25.7 Å². The quantitative estimate of drug-likeness (QED) is 0.863. The maximum atomic E-state index is 11.4. The van der Waals surface area contributed by atoms with Crippen molar-refractivity contribution in [2.24, 2.45) is 5.92 Å². The molecule has 0 atom stereocenters. The third-order valence-electron chi connectivity index (χ3n) is 3.32. The van der Waals surface area contributed by atoms with Crippen LogP contribution in [0.4, 0.5) is 5.69 Å². The Balaban J connectivity index is 1.90. The zero-order valence-electron chi connectivity index (χ0n) is 10.8. The number of nitrogen functional groups attached to an aromatic ring is 1. The molecule has 1 aliphatic carbocycles. The largest absolute Gasteiger partial charge is 0.473 e. The Bertz CT molecular complexity index is 459. The van der Waals surface area contributed by atoms with Crippen LogP contribution in [0.3, 0.4) is 0 Å². The van der Waals surface area contributed by atoms with Crippen LogP contribution < -0.4 is 10.5 Å². The Morgan fingerprint density at radius 2 is 2.11 bits per heavy atom. The van der Waals surface area contributed by atoms with Crippen molar-refractivity contribution in [1.82, 2.24) is 4.98 Å². The Labute approximate surface area is 117 Å². The van der Waals surface area contributed by atoms with Crippen molar-refractivity contribution < 1.29 is 14.3 Å². The van der Waals surface area contributed by atoms with E-state index in [0.29, 0.717) is 16.6 Å². The Hall–Kier alpha value is -1.49. The summed E-state index contributed by atoms with van der Waals surface area (Å²) in [6, 6.07) is 1.62. The summed E-state index contributed by atoms with van der Waals surface area (Å²) in [6.45, 7) is 0. The number of carbonyl (C=O) groups is 1. The molecule has 1 saturated carbocycles. The number of carbonyl (C=O) groups excluding carboxylic acids is 1. The number of methoxy groups -OCH3 is 1. The SMILES string of the molecule is COC(=O)[C@H]1CC[C@@H](Oc2ncc(N)cc2Cl)CC1. The molecule has 2 rings (SSSR count). The first-order valence-electron chi connectivity index (χ1n) is 6.25. The van der Waals surface area contributed by atoms with E-state index in [1.165, 1.54) is 13.3 Å². The number of pyridine rings is 1. The number of anilines is 1. The Morgan fingerprint density at radius 1 is 1.42 bits per heavy atom. The second kappa shape index (κ2) is 6.10. The number of hydrogen-bond acceptors (Lipinski definition) is 5. The van der Waals surface area contributed by atoms with Crippen LogP contribution in [0.15, 0.2) is 12.3 Å². The summed E-state index contributed by atoms with van der Waals surface area (Å²) in [5.74, 6) is 0.249. The highest BCUT2D eigenvalue weighted by Gasteiger charge is 2.28. The third-order valence-corrected chi connectivity index (χ3v) is 3.59. The number of aromatic nitrogens is 1.